The third-order valence-electron chi connectivity index (χ3n) is 2.28. The van der Waals surface area contributed by atoms with Crippen molar-refractivity contribution in [2.24, 2.45) is 0 Å². The Labute approximate surface area is 103 Å². The van der Waals surface area contributed by atoms with Gasteiger partial charge in [-0.3, -0.25) is 0 Å². The molecule has 0 spiro atoms. The van der Waals surface area contributed by atoms with Crippen LogP contribution >= 0.6 is 0 Å². The molecule has 0 bridgehead atoms. The molecule has 3 nitrogen and oxygen atoms in total. The second kappa shape index (κ2) is 8.63. The van der Waals surface area contributed by atoms with Crippen LogP contribution in [0.3, 0.4) is 0 Å². The number of benzene rings is 1. The smallest absolute Gasteiger partial charge is 0.148 e. The van der Waals surface area contributed by atoms with Crippen LogP contribution in [-0.4, -0.2) is 26.9 Å². The van der Waals surface area contributed by atoms with Gasteiger partial charge in [0.2, 0.25) is 0 Å². The average Bonchev–Trinajstić information content (AvgIpc) is 2.37. The van der Waals surface area contributed by atoms with E-state index < -0.39 is 0 Å². The molecular weight excluding hydrogens is 214 g/mol. The van der Waals surface area contributed by atoms with Crippen LogP contribution in [0.25, 0.3) is 0 Å². The maximum atomic E-state index is 5.29. The Kier molecular flexibility index (Phi) is 6.89. The van der Waals surface area contributed by atoms with E-state index in [0.29, 0.717) is 6.61 Å². The lowest BCUT2D eigenvalue weighted by Crippen LogP contribution is -2.15. The summed E-state index contributed by atoms with van der Waals surface area (Å²) >= 11 is 0. The standard InChI is InChI=1S/C14H19NO2/c1-3-10-17-14-7-5-13(6-8-14)12-15-9-4-11-16-2/h1,5-8,15H,4,9-12H2,2H3. The van der Waals surface area contributed by atoms with E-state index in [-0.39, 0.29) is 0 Å². The molecule has 0 saturated carbocycles. The summed E-state index contributed by atoms with van der Waals surface area (Å²) < 4.78 is 10.3. The van der Waals surface area contributed by atoms with E-state index in [1.54, 1.807) is 7.11 Å². The van der Waals surface area contributed by atoms with Crippen LogP contribution in [0.5, 0.6) is 5.75 Å². The molecular formula is C14H19NO2. The van der Waals surface area contributed by atoms with Crippen molar-refractivity contribution in [2.75, 3.05) is 26.9 Å². The van der Waals surface area contributed by atoms with E-state index >= 15 is 0 Å². The first-order chi connectivity index (χ1) is 8.36. The molecule has 0 heterocycles. The Bertz CT molecular complexity index is 340. The van der Waals surface area contributed by atoms with Crippen LogP contribution in [-0.2, 0) is 11.3 Å². The van der Waals surface area contributed by atoms with Crippen LogP contribution in [0.2, 0.25) is 0 Å². The van der Waals surface area contributed by atoms with Crippen molar-refractivity contribution in [3.63, 3.8) is 0 Å². The molecule has 0 radical (unpaired) electrons. The topological polar surface area (TPSA) is 30.5 Å². The van der Waals surface area contributed by atoms with Gasteiger partial charge in [0.1, 0.15) is 12.4 Å². The van der Waals surface area contributed by atoms with E-state index in [2.05, 4.69) is 11.2 Å². The van der Waals surface area contributed by atoms with Gasteiger partial charge in [0.05, 0.1) is 0 Å². The third kappa shape index (κ3) is 5.96. The van der Waals surface area contributed by atoms with Gasteiger partial charge in [-0.1, -0.05) is 18.1 Å². The fourth-order valence-electron chi connectivity index (χ4n) is 1.40. The molecule has 1 aromatic rings. The number of methoxy groups -OCH3 is 1. The van der Waals surface area contributed by atoms with Crippen molar-refractivity contribution in [1.29, 1.82) is 0 Å². The average molecular weight is 233 g/mol. The summed E-state index contributed by atoms with van der Waals surface area (Å²) in [5, 5.41) is 3.35. The SMILES string of the molecule is C#CCOc1ccc(CNCCCOC)cc1. The number of ether oxygens (including phenoxy) is 2. The molecule has 0 atom stereocenters. The molecule has 0 aliphatic heterocycles. The first kappa shape index (κ1) is 13.6. The van der Waals surface area contributed by atoms with Crippen molar-refractivity contribution >= 4 is 0 Å². The molecule has 92 valence electrons. The quantitative estimate of drug-likeness (QED) is 0.549. The largest absolute Gasteiger partial charge is 0.481 e. The van der Waals surface area contributed by atoms with Gasteiger partial charge < -0.3 is 14.8 Å². The number of hydrogen-bond donors (Lipinski definition) is 1. The third-order valence-corrected chi connectivity index (χ3v) is 2.28. The highest BCUT2D eigenvalue weighted by atomic mass is 16.5. The maximum Gasteiger partial charge on any atom is 0.148 e. The van der Waals surface area contributed by atoms with E-state index in [1.165, 1.54) is 5.56 Å². The van der Waals surface area contributed by atoms with Gasteiger partial charge in [-0.2, -0.15) is 0 Å². The Balaban J connectivity index is 2.23. The van der Waals surface area contributed by atoms with Crippen molar-refractivity contribution in [3.05, 3.63) is 29.8 Å². The molecule has 1 aromatic carbocycles. The molecule has 0 saturated heterocycles. The predicted molar refractivity (Wildman–Crippen MR) is 69.0 cm³/mol. The monoisotopic (exact) mass is 233 g/mol. The van der Waals surface area contributed by atoms with E-state index in [9.17, 15) is 0 Å². The second-order valence-corrected chi connectivity index (χ2v) is 3.66. The number of hydrogen-bond acceptors (Lipinski definition) is 3. The lowest BCUT2D eigenvalue weighted by Gasteiger charge is -2.06. The molecule has 17 heavy (non-hydrogen) atoms. The minimum Gasteiger partial charge on any atom is -0.481 e. The first-order valence-electron chi connectivity index (χ1n) is 5.71. The zero-order valence-corrected chi connectivity index (χ0v) is 10.2. The van der Waals surface area contributed by atoms with Crippen molar-refractivity contribution in [3.8, 4) is 18.1 Å². The minimum atomic E-state index is 0.314. The Hall–Kier alpha value is -1.50. The number of nitrogens with one attached hydrogen (secondary N) is 1. The molecule has 0 fully saturated rings. The first-order valence-corrected chi connectivity index (χ1v) is 5.71. The van der Waals surface area contributed by atoms with Gasteiger partial charge in [-0.25, -0.2) is 0 Å². The summed E-state index contributed by atoms with van der Waals surface area (Å²) in [6.07, 6.45) is 6.14. The molecule has 3 heteroatoms. The summed E-state index contributed by atoms with van der Waals surface area (Å²) in [5.74, 6) is 3.25. The summed E-state index contributed by atoms with van der Waals surface area (Å²) in [6.45, 7) is 2.93. The van der Waals surface area contributed by atoms with Gasteiger partial charge in [-0.05, 0) is 30.7 Å². The van der Waals surface area contributed by atoms with Gasteiger partial charge in [0, 0.05) is 20.3 Å². The summed E-state index contributed by atoms with van der Waals surface area (Å²) in [7, 11) is 1.72. The van der Waals surface area contributed by atoms with Gasteiger partial charge in [-0.15, -0.1) is 6.42 Å². The zero-order valence-electron chi connectivity index (χ0n) is 10.2. The lowest BCUT2D eigenvalue weighted by atomic mass is 10.2. The molecule has 0 aliphatic rings. The van der Waals surface area contributed by atoms with Gasteiger partial charge in [0.15, 0.2) is 0 Å². The Morgan fingerprint density at radius 2 is 2.06 bits per heavy atom. The van der Waals surface area contributed by atoms with Crippen LogP contribution in [0.4, 0.5) is 0 Å². The highest BCUT2D eigenvalue weighted by molar-refractivity contribution is 5.27. The summed E-state index contributed by atoms with van der Waals surface area (Å²) in [6, 6.07) is 7.94. The summed E-state index contributed by atoms with van der Waals surface area (Å²) in [5.41, 5.74) is 1.23. The highest BCUT2D eigenvalue weighted by Crippen LogP contribution is 2.11. The van der Waals surface area contributed by atoms with Crippen molar-refractivity contribution in [1.82, 2.24) is 5.32 Å². The van der Waals surface area contributed by atoms with Crippen LogP contribution in [0.1, 0.15) is 12.0 Å². The maximum absolute atomic E-state index is 5.29. The minimum absolute atomic E-state index is 0.314. The molecule has 1 N–H and O–H groups in total. The fourth-order valence-corrected chi connectivity index (χ4v) is 1.40. The van der Waals surface area contributed by atoms with Crippen LogP contribution in [0, 0.1) is 12.3 Å². The molecule has 0 amide bonds. The highest BCUT2D eigenvalue weighted by Gasteiger charge is 1.95. The Morgan fingerprint density at radius 1 is 1.29 bits per heavy atom. The molecule has 0 aromatic heterocycles. The number of terminal acetylenes is 1. The van der Waals surface area contributed by atoms with Crippen LogP contribution in [0.15, 0.2) is 24.3 Å². The van der Waals surface area contributed by atoms with Crippen molar-refractivity contribution in [2.45, 2.75) is 13.0 Å². The lowest BCUT2D eigenvalue weighted by molar-refractivity contribution is 0.194. The molecule has 1 rings (SSSR count). The predicted octanol–water partition coefficient (Wildman–Crippen LogP) is 1.82. The molecule has 0 unspecified atom stereocenters. The normalized spacial score (nSPS) is 9.88. The second-order valence-electron chi connectivity index (χ2n) is 3.66. The van der Waals surface area contributed by atoms with Crippen LogP contribution < -0.4 is 10.1 Å². The van der Waals surface area contributed by atoms with Crippen molar-refractivity contribution < 1.29 is 9.47 Å². The Morgan fingerprint density at radius 3 is 2.71 bits per heavy atom. The van der Waals surface area contributed by atoms with E-state index in [1.807, 2.05) is 24.3 Å². The fraction of sp³-hybridized carbons (Fsp3) is 0.429. The van der Waals surface area contributed by atoms with Gasteiger partial charge >= 0.3 is 0 Å². The summed E-state index contributed by atoms with van der Waals surface area (Å²) in [4.78, 5) is 0. The molecule has 0 aliphatic carbocycles. The van der Waals surface area contributed by atoms with E-state index in [0.717, 1.165) is 31.9 Å². The number of rotatable bonds is 8. The van der Waals surface area contributed by atoms with E-state index in [4.69, 9.17) is 15.9 Å². The zero-order chi connectivity index (χ0) is 12.3. The van der Waals surface area contributed by atoms with Gasteiger partial charge in [0.25, 0.3) is 0 Å².